The van der Waals surface area contributed by atoms with Crippen LogP contribution in [0.1, 0.15) is 0 Å². The quantitative estimate of drug-likeness (QED) is 0.792. The Hall–Kier alpha value is -1.74. The minimum atomic E-state index is 0.529. The van der Waals surface area contributed by atoms with Gasteiger partial charge in [-0.1, -0.05) is 11.6 Å². The molecule has 0 unspecified atom stereocenters. The first kappa shape index (κ1) is 9.80. The highest BCUT2D eigenvalue weighted by Gasteiger charge is 2.02. The fraction of sp³-hybridized carbons (Fsp3) is 0. The molecule has 1 heterocycles. The summed E-state index contributed by atoms with van der Waals surface area (Å²) in [6, 6.07) is 8.61. The third-order valence-corrected chi connectivity index (χ3v) is 2.15. The maximum atomic E-state index is 5.95. The zero-order valence-corrected chi connectivity index (χ0v) is 8.61. The van der Waals surface area contributed by atoms with E-state index in [4.69, 9.17) is 22.1 Å². The Bertz CT molecular complexity index is 459. The number of hydrogen-bond acceptors (Lipinski definition) is 3. The number of rotatable bonds is 2. The summed E-state index contributed by atoms with van der Waals surface area (Å²) in [5.74, 6) is 1.22. The second-order valence-electron chi connectivity index (χ2n) is 2.97. The Morgan fingerprint density at radius 1 is 1.13 bits per heavy atom. The van der Waals surface area contributed by atoms with E-state index in [1.165, 1.54) is 0 Å². The minimum Gasteiger partial charge on any atom is -0.456 e. The van der Waals surface area contributed by atoms with Gasteiger partial charge in [-0.2, -0.15) is 0 Å². The molecule has 0 bridgehead atoms. The summed E-state index contributed by atoms with van der Waals surface area (Å²) in [6.45, 7) is 0. The molecular formula is C11H9ClN2O. The maximum absolute atomic E-state index is 5.95. The smallest absolute Gasteiger partial charge is 0.148 e. The number of nitrogens with two attached hydrogens (primary N) is 1. The van der Waals surface area contributed by atoms with Crippen LogP contribution in [0.3, 0.4) is 0 Å². The van der Waals surface area contributed by atoms with Crippen LogP contribution in [0.5, 0.6) is 11.5 Å². The van der Waals surface area contributed by atoms with Crippen molar-refractivity contribution >= 4 is 17.3 Å². The van der Waals surface area contributed by atoms with Crippen molar-refractivity contribution in [3.63, 3.8) is 0 Å². The van der Waals surface area contributed by atoms with Crippen LogP contribution in [0.2, 0.25) is 5.02 Å². The lowest BCUT2D eigenvalue weighted by atomic mass is 10.3. The lowest BCUT2D eigenvalue weighted by Gasteiger charge is -2.07. The normalized spacial score (nSPS) is 9.93. The van der Waals surface area contributed by atoms with E-state index in [0.717, 1.165) is 0 Å². The Morgan fingerprint density at radius 2 is 1.87 bits per heavy atom. The largest absolute Gasteiger partial charge is 0.456 e. The highest BCUT2D eigenvalue weighted by atomic mass is 35.5. The number of ether oxygens (including phenoxy) is 1. The molecule has 1 aromatic carbocycles. The van der Waals surface area contributed by atoms with Crippen LogP contribution in [-0.4, -0.2) is 4.98 Å². The number of halogens is 1. The lowest BCUT2D eigenvalue weighted by Crippen LogP contribution is -1.89. The number of pyridine rings is 1. The average molecular weight is 221 g/mol. The van der Waals surface area contributed by atoms with Crippen molar-refractivity contribution < 1.29 is 4.74 Å². The SMILES string of the molecule is Nc1ccc(Cl)c(Oc2ccncc2)c1. The molecule has 0 aliphatic carbocycles. The van der Waals surface area contributed by atoms with Crippen molar-refractivity contribution in [1.82, 2.24) is 4.98 Å². The van der Waals surface area contributed by atoms with E-state index in [0.29, 0.717) is 22.2 Å². The summed E-state index contributed by atoms with van der Waals surface area (Å²) in [5.41, 5.74) is 6.24. The second kappa shape index (κ2) is 4.19. The number of aromatic nitrogens is 1. The summed E-state index contributed by atoms with van der Waals surface area (Å²) < 4.78 is 5.54. The highest BCUT2D eigenvalue weighted by molar-refractivity contribution is 6.32. The molecular weight excluding hydrogens is 212 g/mol. The topological polar surface area (TPSA) is 48.1 Å². The van der Waals surface area contributed by atoms with Crippen molar-refractivity contribution in [2.75, 3.05) is 5.73 Å². The van der Waals surface area contributed by atoms with Gasteiger partial charge in [-0.25, -0.2) is 0 Å². The van der Waals surface area contributed by atoms with Gasteiger partial charge < -0.3 is 10.5 Å². The first-order valence-electron chi connectivity index (χ1n) is 4.38. The van der Waals surface area contributed by atoms with Crippen molar-refractivity contribution in [3.05, 3.63) is 47.7 Å². The molecule has 0 radical (unpaired) electrons. The van der Waals surface area contributed by atoms with E-state index >= 15 is 0 Å². The van der Waals surface area contributed by atoms with Gasteiger partial charge in [0.2, 0.25) is 0 Å². The number of benzene rings is 1. The van der Waals surface area contributed by atoms with E-state index in [1.807, 2.05) is 0 Å². The molecule has 0 spiro atoms. The summed E-state index contributed by atoms with van der Waals surface area (Å²) in [4.78, 5) is 3.89. The molecule has 0 atom stereocenters. The third kappa shape index (κ3) is 2.39. The molecule has 0 aliphatic rings. The number of hydrogen-bond donors (Lipinski definition) is 1. The van der Waals surface area contributed by atoms with Crippen molar-refractivity contribution in [3.8, 4) is 11.5 Å². The van der Waals surface area contributed by atoms with Crippen LogP contribution < -0.4 is 10.5 Å². The van der Waals surface area contributed by atoms with Crippen molar-refractivity contribution in [1.29, 1.82) is 0 Å². The van der Waals surface area contributed by atoms with E-state index in [2.05, 4.69) is 4.98 Å². The predicted octanol–water partition coefficient (Wildman–Crippen LogP) is 3.11. The molecule has 0 aliphatic heterocycles. The standard InChI is InChI=1S/C11H9ClN2O/c12-10-2-1-8(13)7-11(10)15-9-3-5-14-6-4-9/h1-7H,13H2. The molecule has 3 nitrogen and oxygen atoms in total. The molecule has 2 rings (SSSR count). The van der Waals surface area contributed by atoms with Crippen LogP contribution in [0.15, 0.2) is 42.7 Å². The van der Waals surface area contributed by atoms with Gasteiger partial charge >= 0.3 is 0 Å². The van der Waals surface area contributed by atoms with Gasteiger partial charge in [-0.05, 0) is 24.3 Å². The van der Waals surface area contributed by atoms with Gasteiger partial charge in [0.25, 0.3) is 0 Å². The molecule has 2 N–H and O–H groups in total. The van der Waals surface area contributed by atoms with Gasteiger partial charge in [-0.15, -0.1) is 0 Å². The first-order chi connectivity index (χ1) is 7.25. The van der Waals surface area contributed by atoms with Gasteiger partial charge in [0.15, 0.2) is 0 Å². The molecule has 0 amide bonds. The van der Waals surface area contributed by atoms with Crippen LogP contribution in [-0.2, 0) is 0 Å². The molecule has 15 heavy (non-hydrogen) atoms. The summed E-state index contributed by atoms with van der Waals surface area (Å²) >= 11 is 5.95. The third-order valence-electron chi connectivity index (χ3n) is 1.83. The van der Waals surface area contributed by atoms with Gasteiger partial charge in [0, 0.05) is 24.1 Å². The second-order valence-corrected chi connectivity index (χ2v) is 3.38. The molecule has 0 saturated heterocycles. The Labute approximate surface area is 92.5 Å². The molecule has 2 aromatic rings. The molecule has 0 saturated carbocycles. The molecule has 1 aromatic heterocycles. The minimum absolute atomic E-state index is 0.529. The van der Waals surface area contributed by atoms with Crippen LogP contribution in [0.25, 0.3) is 0 Å². The van der Waals surface area contributed by atoms with Crippen LogP contribution in [0.4, 0.5) is 5.69 Å². The van der Waals surface area contributed by atoms with Crippen molar-refractivity contribution in [2.45, 2.75) is 0 Å². The van der Waals surface area contributed by atoms with Gasteiger partial charge in [0.1, 0.15) is 11.5 Å². The molecule has 0 fully saturated rings. The predicted molar refractivity (Wildman–Crippen MR) is 60.2 cm³/mol. The zero-order chi connectivity index (χ0) is 10.7. The fourth-order valence-corrected chi connectivity index (χ4v) is 1.29. The Balaban J connectivity index is 2.28. The van der Waals surface area contributed by atoms with Gasteiger partial charge in [0.05, 0.1) is 5.02 Å². The summed E-state index contributed by atoms with van der Waals surface area (Å²) in [7, 11) is 0. The average Bonchev–Trinajstić information content (AvgIpc) is 2.25. The first-order valence-corrected chi connectivity index (χ1v) is 4.76. The number of nitrogen functional groups attached to an aromatic ring is 1. The molecule has 4 heteroatoms. The highest BCUT2D eigenvalue weighted by Crippen LogP contribution is 2.30. The van der Waals surface area contributed by atoms with E-state index in [9.17, 15) is 0 Å². The number of anilines is 1. The van der Waals surface area contributed by atoms with Crippen LogP contribution >= 0.6 is 11.6 Å². The fourth-order valence-electron chi connectivity index (χ4n) is 1.13. The lowest BCUT2D eigenvalue weighted by molar-refractivity contribution is 0.482. The maximum Gasteiger partial charge on any atom is 0.148 e. The summed E-state index contributed by atoms with van der Waals surface area (Å²) in [6.07, 6.45) is 3.30. The van der Waals surface area contributed by atoms with Crippen LogP contribution in [0, 0.1) is 0 Å². The van der Waals surface area contributed by atoms with E-state index < -0.39 is 0 Å². The number of nitrogens with zero attached hydrogens (tertiary/aromatic N) is 1. The van der Waals surface area contributed by atoms with E-state index in [1.54, 1.807) is 42.7 Å². The van der Waals surface area contributed by atoms with Gasteiger partial charge in [-0.3, -0.25) is 4.98 Å². The Kier molecular flexibility index (Phi) is 2.74. The summed E-state index contributed by atoms with van der Waals surface area (Å²) in [5, 5.41) is 0.529. The Morgan fingerprint density at radius 3 is 2.60 bits per heavy atom. The van der Waals surface area contributed by atoms with E-state index in [-0.39, 0.29) is 0 Å². The zero-order valence-electron chi connectivity index (χ0n) is 7.85. The monoisotopic (exact) mass is 220 g/mol. The van der Waals surface area contributed by atoms with Crippen molar-refractivity contribution in [2.24, 2.45) is 0 Å². The molecule has 76 valence electrons.